The lowest BCUT2D eigenvalue weighted by atomic mass is 10.1. The van der Waals surface area contributed by atoms with Crippen LogP contribution in [-0.2, 0) is 9.53 Å². The van der Waals surface area contributed by atoms with Crippen LogP contribution >= 0.6 is 12.4 Å². The third-order valence-electron chi connectivity index (χ3n) is 2.34. The monoisotopic (exact) mass is 258 g/mol. The third kappa shape index (κ3) is 4.95. The predicted molar refractivity (Wildman–Crippen MR) is 70.0 cm³/mol. The molecule has 0 radical (unpaired) electrons. The smallest absolute Gasteiger partial charge is 0.332 e. The average molecular weight is 259 g/mol. The second kappa shape index (κ2) is 7.79. The van der Waals surface area contributed by atoms with E-state index in [4.69, 9.17) is 0 Å². The molecular weight excluding hydrogens is 240 g/mol. The van der Waals surface area contributed by atoms with Crippen molar-refractivity contribution in [1.29, 1.82) is 0 Å². The molecule has 1 heterocycles. The lowest BCUT2D eigenvalue weighted by Gasteiger charge is -2.17. The van der Waals surface area contributed by atoms with E-state index in [-0.39, 0.29) is 24.4 Å². The van der Waals surface area contributed by atoms with Gasteiger partial charge in [0, 0.05) is 23.7 Å². The minimum absolute atomic E-state index is 0. The van der Waals surface area contributed by atoms with E-state index in [0.29, 0.717) is 0 Å². The Morgan fingerprint density at radius 1 is 1.65 bits per heavy atom. The highest BCUT2D eigenvalue weighted by Crippen LogP contribution is 2.15. The van der Waals surface area contributed by atoms with Gasteiger partial charge in [-0.2, -0.15) is 0 Å². The molecule has 5 heteroatoms. The molecule has 17 heavy (non-hydrogen) atoms. The number of aromatic nitrogens is 1. The average Bonchev–Trinajstić information content (AvgIpc) is 2.79. The number of allylic oxidation sites excluding steroid dienone is 1. The molecular formula is C12H19ClN2O2. The molecule has 0 aliphatic heterocycles. The Morgan fingerprint density at radius 3 is 2.82 bits per heavy atom. The second-order valence-electron chi connectivity index (χ2n) is 3.58. The summed E-state index contributed by atoms with van der Waals surface area (Å²) < 4.78 is 4.56. The fraction of sp³-hybridized carbons (Fsp3) is 0.417. The minimum atomic E-state index is -0.341. The van der Waals surface area contributed by atoms with Gasteiger partial charge in [-0.25, -0.2) is 4.79 Å². The fourth-order valence-electron chi connectivity index (χ4n) is 1.51. The molecule has 0 aliphatic carbocycles. The molecule has 0 spiro atoms. The number of ether oxygens (including phenoxy) is 1. The van der Waals surface area contributed by atoms with Gasteiger partial charge in [0.2, 0.25) is 0 Å². The zero-order valence-corrected chi connectivity index (χ0v) is 11.1. The van der Waals surface area contributed by atoms with Crippen molar-refractivity contribution in [2.75, 3.05) is 7.11 Å². The first kappa shape index (κ1) is 15.6. The molecule has 0 aromatic carbocycles. The minimum Gasteiger partial charge on any atom is -0.466 e. The van der Waals surface area contributed by atoms with E-state index in [2.05, 4.69) is 22.0 Å². The predicted octanol–water partition coefficient (Wildman–Crippen LogP) is 2.55. The number of rotatable bonds is 5. The van der Waals surface area contributed by atoms with Gasteiger partial charge in [0.25, 0.3) is 0 Å². The molecule has 2 N–H and O–H groups in total. The van der Waals surface area contributed by atoms with E-state index in [1.807, 2.05) is 25.3 Å². The summed E-state index contributed by atoms with van der Waals surface area (Å²) in [4.78, 5) is 14.2. The molecule has 1 aromatic heterocycles. The van der Waals surface area contributed by atoms with Gasteiger partial charge in [-0.3, -0.25) is 0 Å². The maximum Gasteiger partial charge on any atom is 0.332 e. The van der Waals surface area contributed by atoms with Gasteiger partial charge in [0.05, 0.1) is 13.2 Å². The van der Waals surface area contributed by atoms with Crippen LogP contribution in [0.3, 0.4) is 0 Å². The SMILES string of the molecule is CCC(NC(C)=CC(=O)OC)c1ccc[nH]1.Cl. The van der Waals surface area contributed by atoms with Crippen molar-refractivity contribution >= 4 is 18.4 Å². The first-order valence-electron chi connectivity index (χ1n) is 5.33. The number of carbonyl (C=O) groups excluding carboxylic acids is 1. The maximum absolute atomic E-state index is 11.0. The van der Waals surface area contributed by atoms with Crippen molar-refractivity contribution in [3.63, 3.8) is 0 Å². The molecule has 4 nitrogen and oxygen atoms in total. The van der Waals surface area contributed by atoms with Gasteiger partial charge in [-0.1, -0.05) is 6.92 Å². The molecule has 0 amide bonds. The Bertz CT molecular complexity index is 361. The van der Waals surface area contributed by atoms with Crippen molar-refractivity contribution in [3.8, 4) is 0 Å². The van der Waals surface area contributed by atoms with E-state index in [1.165, 1.54) is 13.2 Å². The van der Waals surface area contributed by atoms with Gasteiger partial charge in [-0.15, -0.1) is 12.4 Å². The summed E-state index contributed by atoms with van der Waals surface area (Å²) in [6.45, 7) is 3.94. The van der Waals surface area contributed by atoms with E-state index in [1.54, 1.807) is 0 Å². The van der Waals surface area contributed by atoms with E-state index in [9.17, 15) is 4.79 Å². The first-order chi connectivity index (χ1) is 7.67. The molecule has 0 bridgehead atoms. The Hall–Kier alpha value is -1.42. The molecule has 1 atom stereocenters. The lowest BCUT2D eigenvalue weighted by molar-refractivity contribution is -0.134. The summed E-state index contributed by atoms with van der Waals surface area (Å²) in [5, 5.41) is 3.26. The van der Waals surface area contributed by atoms with Crippen LogP contribution in [0.1, 0.15) is 32.0 Å². The summed E-state index contributed by atoms with van der Waals surface area (Å²) in [5.41, 5.74) is 1.91. The normalized spacial score (nSPS) is 12.5. The number of nitrogens with one attached hydrogen (secondary N) is 2. The van der Waals surface area contributed by atoms with Gasteiger partial charge in [-0.05, 0) is 25.5 Å². The first-order valence-corrected chi connectivity index (χ1v) is 5.33. The zero-order valence-electron chi connectivity index (χ0n) is 10.3. The number of H-pyrrole nitrogens is 1. The van der Waals surface area contributed by atoms with E-state index in [0.717, 1.165) is 17.8 Å². The summed E-state index contributed by atoms with van der Waals surface area (Å²) in [5.74, 6) is -0.341. The molecule has 0 fully saturated rings. The van der Waals surface area contributed by atoms with Crippen molar-refractivity contribution in [1.82, 2.24) is 10.3 Å². The summed E-state index contributed by atoms with van der Waals surface area (Å²) >= 11 is 0. The second-order valence-corrected chi connectivity index (χ2v) is 3.58. The highest BCUT2D eigenvalue weighted by Gasteiger charge is 2.09. The number of hydrogen-bond donors (Lipinski definition) is 2. The van der Waals surface area contributed by atoms with Crippen LogP contribution in [0, 0.1) is 0 Å². The third-order valence-corrected chi connectivity index (χ3v) is 2.34. The number of methoxy groups -OCH3 is 1. The van der Waals surface area contributed by atoms with Crippen LogP contribution in [0.2, 0.25) is 0 Å². The summed E-state index contributed by atoms with van der Waals surface area (Å²) in [7, 11) is 1.37. The van der Waals surface area contributed by atoms with Crippen LogP contribution in [0.25, 0.3) is 0 Å². The Morgan fingerprint density at radius 2 is 2.35 bits per heavy atom. The molecule has 1 aromatic rings. The van der Waals surface area contributed by atoms with Crippen LogP contribution < -0.4 is 5.32 Å². The topological polar surface area (TPSA) is 54.1 Å². The standard InChI is InChI=1S/C12H18N2O2.ClH/c1-4-10(11-6-5-7-13-11)14-9(2)8-12(15)16-3;/h5-8,10,13-14H,4H2,1-3H3;1H. The number of hydrogen-bond acceptors (Lipinski definition) is 3. The van der Waals surface area contributed by atoms with E-state index < -0.39 is 0 Å². The lowest BCUT2D eigenvalue weighted by Crippen LogP contribution is -2.20. The summed E-state index contributed by atoms with van der Waals surface area (Å²) in [6, 6.07) is 4.17. The molecule has 96 valence electrons. The highest BCUT2D eigenvalue weighted by atomic mass is 35.5. The van der Waals surface area contributed by atoms with Gasteiger partial charge >= 0.3 is 5.97 Å². The van der Waals surface area contributed by atoms with Gasteiger partial charge in [0.1, 0.15) is 0 Å². The molecule has 1 rings (SSSR count). The van der Waals surface area contributed by atoms with Crippen molar-refractivity contribution < 1.29 is 9.53 Å². The number of aromatic amines is 1. The van der Waals surface area contributed by atoms with Crippen LogP contribution in [-0.4, -0.2) is 18.1 Å². The van der Waals surface area contributed by atoms with E-state index >= 15 is 0 Å². The Labute approximate surface area is 108 Å². The quantitative estimate of drug-likeness (QED) is 0.630. The summed E-state index contributed by atoms with van der Waals surface area (Å²) in [6.07, 6.45) is 4.28. The maximum atomic E-state index is 11.0. The fourth-order valence-corrected chi connectivity index (χ4v) is 1.51. The van der Waals surface area contributed by atoms with Crippen molar-refractivity contribution in [2.24, 2.45) is 0 Å². The molecule has 0 saturated heterocycles. The van der Waals surface area contributed by atoms with Gasteiger partial charge in [0.15, 0.2) is 0 Å². The highest BCUT2D eigenvalue weighted by molar-refractivity contribution is 5.85. The number of esters is 1. The molecule has 1 unspecified atom stereocenters. The Balaban J connectivity index is 0.00000256. The largest absolute Gasteiger partial charge is 0.466 e. The van der Waals surface area contributed by atoms with Crippen LogP contribution in [0.4, 0.5) is 0 Å². The van der Waals surface area contributed by atoms with Crippen molar-refractivity contribution in [2.45, 2.75) is 26.3 Å². The van der Waals surface area contributed by atoms with Gasteiger partial charge < -0.3 is 15.0 Å². The molecule has 0 saturated carbocycles. The zero-order chi connectivity index (χ0) is 12.0. The number of halogens is 1. The number of carbonyl (C=O) groups is 1. The van der Waals surface area contributed by atoms with Crippen molar-refractivity contribution in [3.05, 3.63) is 35.8 Å². The Kier molecular flexibility index (Phi) is 7.14. The van der Waals surface area contributed by atoms with Crippen LogP contribution in [0.5, 0.6) is 0 Å². The molecule has 0 aliphatic rings. The van der Waals surface area contributed by atoms with Crippen LogP contribution in [0.15, 0.2) is 30.1 Å².